The molecule has 4 aromatic heterocycles. The maximum atomic E-state index is 10.8. The van der Waals surface area contributed by atoms with Gasteiger partial charge in [-0.25, -0.2) is 23.5 Å². The third-order valence-electron chi connectivity index (χ3n) is 4.97. The number of nitrogens with one attached hydrogen (secondary N) is 2. The van der Waals surface area contributed by atoms with Crippen LogP contribution in [0.3, 0.4) is 0 Å². The first-order valence-electron chi connectivity index (χ1n) is 10.3. The van der Waals surface area contributed by atoms with E-state index in [2.05, 4.69) is 35.2 Å². The van der Waals surface area contributed by atoms with Crippen LogP contribution in [0.25, 0.3) is 22.4 Å². The Morgan fingerprint density at radius 1 is 1.06 bits per heavy atom. The fourth-order valence-corrected chi connectivity index (χ4v) is 4.07. The molecule has 10 nitrogen and oxygen atoms in total. The summed E-state index contributed by atoms with van der Waals surface area (Å²) in [7, 11) is -0.719. The van der Waals surface area contributed by atoms with Crippen LogP contribution in [-0.2, 0) is 11.0 Å². The first-order chi connectivity index (χ1) is 15.6. The average Bonchev–Trinajstić information content (AvgIpc) is 3.29. The number of nitrogens with zero attached hydrogens (tertiary/aromatic N) is 6. The molecular formula is C21H25N9OS. The van der Waals surface area contributed by atoms with Gasteiger partial charge in [0.05, 0.1) is 28.4 Å². The van der Waals surface area contributed by atoms with Crippen molar-refractivity contribution in [1.82, 2.24) is 34.2 Å². The zero-order valence-electron chi connectivity index (χ0n) is 17.7. The molecule has 1 unspecified atom stereocenters. The molecule has 0 aromatic carbocycles. The van der Waals surface area contributed by atoms with Gasteiger partial charge in [-0.1, -0.05) is 6.42 Å². The van der Waals surface area contributed by atoms with Crippen LogP contribution in [0, 0.1) is 0 Å². The largest absolute Gasteiger partial charge is 0.383 e. The molecular weight excluding hydrogens is 426 g/mol. The second kappa shape index (κ2) is 10.2. The van der Waals surface area contributed by atoms with E-state index in [1.807, 2.05) is 22.5 Å². The Morgan fingerprint density at radius 2 is 1.84 bits per heavy atom. The molecule has 1 atom stereocenters. The second-order valence-electron chi connectivity index (χ2n) is 7.23. The summed E-state index contributed by atoms with van der Waals surface area (Å²) in [6, 6.07) is 5.49. The van der Waals surface area contributed by atoms with Crippen molar-refractivity contribution in [2.24, 2.45) is 0 Å². The summed E-state index contributed by atoms with van der Waals surface area (Å²) in [5.74, 6) is 0.744. The molecule has 1 aliphatic rings. The van der Waals surface area contributed by atoms with Crippen molar-refractivity contribution < 1.29 is 4.21 Å². The molecule has 1 aliphatic heterocycles. The number of pyridine rings is 1. The molecule has 0 spiro atoms. The van der Waals surface area contributed by atoms with Crippen molar-refractivity contribution in [2.75, 3.05) is 30.4 Å². The number of hydrogen-bond donors (Lipinski definition) is 3. The molecule has 0 amide bonds. The fourth-order valence-electron chi connectivity index (χ4n) is 3.30. The smallest absolute Gasteiger partial charge is 0.229 e. The van der Waals surface area contributed by atoms with Crippen LogP contribution in [0.15, 0.2) is 49.2 Å². The van der Waals surface area contributed by atoms with E-state index >= 15 is 0 Å². The molecule has 4 N–H and O–H groups in total. The van der Waals surface area contributed by atoms with Crippen LogP contribution in [0.5, 0.6) is 0 Å². The Kier molecular flexibility index (Phi) is 6.97. The van der Waals surface area contributed by atoms with Crippen molar-refractivity contribution in [3.05, 3.63) is 49.2 Å². The maximum Gasteiger partial charge on any atom is 0.229 e. The summed E-state index contributed by atoms with van der Waals surface area (Å²) in [6.07, 6.45) is 13.9. The fraction of sp³-hybridized carbons (Fsp3) is 0.286. The first-order valence-corrected chi connectivity index (χ1v) is 11.8. The van der Waals surface area contributed by atoms with Gasteiger partial charge < -0.3 is 16.0 Å². The normalized spacial score (nSPS) is 15.0. The third-order valence-corrected chi connectivity index (χ3v) is 6.06. The summed E-state index contributed by atoms with van der Waals surface area (Å²) >= 11 is 0. The van der Waals surface area contributed by atoms with E-state index < -0.39 is 11.0 Å². The number of aromatic amines is 1. The molecule has 1 saturated heterocycles. The lowest BCUT2D eigenvalue weighted by atomic mass is 10.2. The zero-order chi connectivity index (χ0) is 22.3. The van der Waals surface area contributed by atoms with Gasteiger partial charge in [-0.05, 0) is 31.0 Å². The minimum atomic E-state index is -0.719. The van der Waals surface area contributed by atoms with Crippen molar-refractivity contribution in [3.63, 3.8) is 0 Å². The van der Waals surface area contributed by atoms with Gasteiger partial charge in [-0.2, -0.15) is 4.98 Å². The second-order valence-corrected chi connectivity index (χ2v) is 8.60. The molecule has 166 valence electrons. The van der Waals surface area contributed by atoms with E-state index in [-0.39, 0.29) is 0 Å². The lowest BCUT2D eigenvalue weighted by Crippen LogP contribution is -2.30. The topological polar surface area (TPSA) is 139 Å². The van der Waals surface area contributed by atoms with Crippen LogP contribution in [0.1, 0.15) is 19.3 Å². The number of hydrogen-bond acceptors (Lipinski definition) is 8. The summed E-state index contributed by atoms with van der Waals surface area (Å²) in [5.41, 5.74) is 9.64. The number of fused-ring (bicyclic) bond motifs is 1. The average molecular weight is 452 g/mol. The number of H-pyrrole nitrogens is 1. The van der Waals surface area contributed by atoms with Gasteiger partial charge in [0.25, 0.3) is 0 Å². The number of piperidine rings is 1. The molecule has 0 bridgehead atoms. The lowest BCUT2D eigenvalue weighted by molar-refractivity contribution is 0.367. The molecule has 0 radical (unpaired) electrons. The minimum Gasteiger partial charge on any atom is -0.383 e. The SMILES string of the molecule is CS(=O)N1CCCCC1.Nc1nc(Nc2ccncc2)ncc1-c1cnc2[nH]ccc2n1. The predicted molar refractivity (Wildman–Crippen MR) is 126 cm³/mol. The van der Waals surface area contributed by atoms with Crippen molar-refractivity contribution >= 4 is 39.6 Å². The monoisotopic (exact) mass is 451 g/mol. The van der Waals surface area contributed by atoms with E-state index in [1.165, 1.54) is 19.3 Å². The Morgan fingerprint density at radius 3 is 2.53 bits per heavy atom. The molecule has 5 heterocycles. The highest BCUT2D eigenvalue weighted by atomic mass is 32.2. The van der Waals surface area contributed by atoms with Crippen molar-refractivity contribution in [1.29, 1.82) is 0 Å². The van der Waals surface area contributed by atoms with Gasteiger partial charge in [0.2, 0.25) is 5.95 Å². The van der Waals surface area contributed by atoms with E-state index in [4.69, 9.17) is 5.73 Å². The van der Waals surface area contributed by atoms with Gasteiger partial charge in [-0.15, -0.1) is 0 Å². The van der Waals surface area contributed by atoms with Gasteiger partial charge in [0, 0.05) is 49.8 Å². The number of nitrogens with two attached hydrogens (primary N) is 1. The van der Waals surface area contributed by atoms with Gasteiger partial charge in [0.15, 0.2) is 5.65 Å². The number of aromatic nitrogens is 6. The highest BCUT2D eigenvalue weighted by Gasteiger charge is 2.12. The Hall–Kier alpha value is -3.44. The Balaban J connectivity index is 0.000000230. The molecule has 5 rings (SSSR count). The van der Waals surface area contributed by atoms with Gasteiger partial charge in [0.1, 0.15) is 11.3 Å². The van der Waals surface area contributed by atoms with Gasteiger partial charge in [-0.3, -0.25) is 4.98 Å². The van der Waals surface area contributed by atoms with E-state index in [9.17, 15) is 4.21 Å². The highest BCUT2D eigenvalue weighted by Crippen LogP contribution is 2.24. The quantitative estimate of drug-likeness (QED) is 0.430. The lowest BCUT2D eigenvalue weighted by Gasteiger charge is -2.22. The summed E-state index contributed by atoms with van der Waals surface area (Å²) in [5, 5.41) is 3.07. The summed E-state index contributed by atoms with van der Waals surface area (Å²) in [6.45, 7) is 2.06. The number of nitrogen functional groups attached to an aromatic ring is 1. The van der Waals surface area contributed by atoms with Gasteiger partial charge >= 0.3 is 0 Å². The summed E-state index contributed by atoms with van der Waals surface area (Å²) < 4.78 is 12.9. The number of rotatable bonds is 4. The van der Waals surface area contributed by atoms with Crippen LogP contribution in [0.2, 0.25) is 0 Å². The van der Waals surface area contributed by atoms with Crippen LogP contribution < -0.4 is 11.1 Å². The summed E-state index contributed by atoms with van der Waals surface area (Å²) in [4.78, 5) is 24.3. The first kappa shape index (κ1) is 21.8. The molecule has 32 heavy (non-hydrogen) atoms. The Bertz CT molecular complexity index is 1190. The van der Waals surface area contributed by atoms with Crippen LogP contribution in [0.4, 0.5) is 17.5 Å². The van der Waals surface area contributed by atoms with Crippen molar-refractivity contribution in [2.45, 2.75) is 19.3 Å². The highest BCUT2D eigenvalue weighted by molar-refractivity contribution is 7.81. The molecule has 0 saturated carbocycles. The molecule has 0 aliphatic carbocycles. The molecule has 1 fully saturated rings. The number of anilines is 3. The molecule has 4 aromatic rings. The Labute approximate surface area is 188 Å². The van der Waals surface area contributed by atoms with E-state index in [0.717, 1.165) is 29.9 Å². The zero-order valence-corrected chi connectivity index (χ0v) is 18.5. The predicted octanol–water partition coefficient (Wildman–Crippen LogP) is 2.90. The van der Waals surface area contributed by atoms with E-state index in [0.29, 0.717) is 23.0 Å². The maximum absolute atomic E-state index is 10.8. The third kappa shape index (κ3) is 5.42. The molecule has 11 heteroatoms. The van der Waals surface area contributed by atoms with Crippen LogP contribution >= 0.6 is 0 Å². The van der Waals surface area contributed by atoms with Crippen molar-refractivity contribution in [3.8, 4) is 11.3 Å². The standard InChI is InChI=1S/C15H12N8.C6H13NOS/c16-13-10(12-8-19-14-11(22-12)3-6-18-14)7-20-15(23-13)21-9-1-4-17-5-2-9;1-9(8)7-5-3-2-4-6-7/h1-8H,(H,18,19)(H3,16,17,20,21,23);2-6H2,1H3. The minimum absolute atomic E-state index is 0.334. The van der Waals surface area contributed by atoms with Crippen LogP contribution in [-0.4, -0.2) is 57.8 Å². The van der Waals surface area contributed by atoms with E-state index in [1.54, 1.807) is 37.2 Å².